The minimum absolute atomic E-state index is 0.189. The normalized spacial score (nSPS) is 10.7. The number of ether oxygens (including phenoxy) is 2. The monoisotopic (exact) mass is 354 g/mol. The Labute approximate surface area is 145 Å². The van der Waals surface area contributed by atoms with Gasteiger partial charge in [0, 0.05) is 6.54 Å². The minimum atomic E-state index is -1.36. The van der Waals surface area contributed by atoms with Crippen LogP contribution in [0.1, 0.15) is 27.2 Å². The van der Waals surface area contributed by atoms with Gasteiger partial charge in [0.2, 0.25) is 5.91 Å². The van der Waals surface area contributed by atoms with Crippen LogP contribution in [0.3, 0.4) is 0 Å². The van der Waals surface area contributed by atoms with Crippen LogP contribution >= 0.6 is 0 Å². The predicted molar refractivity (Wildman–Crippen MR) is 88.4 cm³/mol. The summed E-state index contributed by atoms with van der Waals surface area (Å²) in [6.07, 6.45) is 0.792. The standard InChI is InChI=1S/C17H23FN2O5/c1-4-9-19-14(21)10-20-15(22)11-24-16(23)17(2,3)25-13-7-5-12(18)6-8-13/h5-8H,4,9-11H2,1-3H3,(H,19,21)(H,20,22). The zero-order valence-corrected chi connectivity index (χ0v) is 14.6. The Bertz CT molecular complexity index is 602. The van der Waals surface area contributed by atoms with Crippen LogP contribution in [0.25, 0.3) is 0 Å². The first-order chi connectivity index (χ1) is 11.7. The smallest absolute Gasteiger partial charge is 0.350 e. The van der Waals surface area contributed by atoms with E-state index in [4.69, 9.17) is 9.47 Å². The zero-order chi connectivity index (χ0) is 18.9. The molecule has 0 aliphatic heterocycles. The van der Waals surface area contributed by atoms with Crippen LogP contribution in [0.5, 0.6) is 5.75 Å². The molecule has 7 nitrogen and oxygen atoms in total. The topological polar surface area (TPSA) is 93.7 Å². The fourth-order valence-electron chi connectivity index (χ4n) is 1.70. The second-order valence-corrected chi connectivity index (χ2v) is 5.77. The molecule has 0 radical (unpaired) electrons. The lowest BCUT2D eigenvalue weighted by atomic mass is 10.1. The molecule has 1 aromatic rings. The van der Waals surface area contributed by atoms with Gasteiger partial charge in [0.1, 0.15) is 11.6 Å². The molecule has 0 unspecified atom stereocenters. The Morgan fingerprint density at radius 1 is 1.08 bits per heavy atom. The molecule has 25 heavy (non-hydrogen) atoms. The molecule has 1 rings (SSSR count). The summed E-state index contributed by atoms with van der Waals surface area (Å²) in [6.45, 7) is 4.65. The van der Waals surface area contributed by atoms with E-state index in [0.29, 0.717) is 12.3 Å². The van der Waals surface area contributed by atoms with Crippen LogP contribution in [-0.2, 0) is 19.1 Å². The van der Waals surface area contributed by atoms with Crippen molar-refractivity contribution >= 4 is 17.8 Å². The molecule has 0 aliphatic carbocycles. The van der Waals surface area contributed by atoms with Crippen molar-refractivity contribution in [2.75, 3.05) is 19.7 Å². The van der Waals surface area contributed by atoms with E-state index in [9.17, 15) is 18.8 Å². The van der Waals surface area contributed by atoms with Gasteiger partial charge in [-0.15, -0.1) is 0 Å². The van der Waals surface area contributed by atoms with Gasteiger partial charge in [-0.3, -0.25) is 9.59 Å². The molecular weight excluding hydrogens is 331 g/mol. The van der Waals surface area contributed by atoms with E-state index < -0.39 is 29.9 Å². The van der Waals surface area contributed by atoms with Crippen LogP contribution < -0.4 is 15.4 Å². The van der Waals surface area contributed by atoms with Crippen LogP contribution in [0.15, 0.2) is 24.3 Å². The number of carbonyl (C=O) groups is 3. The summed E-state index contributed by atoms with van der Waals surface area (Å²) < 4.78 is 23.2. The van der Waals surface area contributed by atoms with Crippen molar-refractivity contribution in [1.29, 1.82) is 0 Å². The fourth-order valence-corrected chi connectivity index (χ4v) is 1.70. The van der Waals surface area contributed by atoms with Gasteiger partial charge in [-0.1, -0.05) is 6.92 Å². The van der Waals surface area contributed by atoms with Crippen molar-refractivity contribution in [3.8, 4) is 5.75 Å². The van der Waals surface area contributed by atoms with Crippen molar-refractivity contribution in [2.45, 2.75) is 32.8 Å². The van der Waals surface area contributed by atoms with Gasteiger partial charge in [-0.2, -0.15) is 0 Å². The zero-order valence-electron chi connectivity index (χ0n) is 14.6. The molecule has 1 aromatic carbocycles. The van der Waals surface area contributed by atoms with E-state index in [1.807, 2.05) is 6.92 Å². The highest BCUT2D eigenvalue weighted by Crippen LogP contribution is 2.19. The second-order valence-electron chi connectivity index (χ2n) is 5.77. The molecule has 0 atom stereocenters. The Morgan fingerprint density at radius 2 is 1.72 bits per heavy atom. The van der Waals surface area contributed by atoms with Crippen LogP contribution in [-0.4, -0.2) is 43.1 Å². The lowest BCUT2D eigenvalue weighted by molar-refractivity contribution is -0.162. The number of hydrogen-bond donors (Lipinski definition) is 2. The molecule has 0 heterocycles. The molecule has 0 fully saturated rings. The van der Waals surface area contributed by atoms with Gasteiger partial charge in [-0.25, -0.2) is 9.18 Å². The maximum Gasteiger partial charge on any atom is 0.350 e. The lowest BCUT2D eigenvalue weighted by Gasteiger charge is -2.24. The minimum Gasteiger partial charge on any atom is -0.476 e. The van der Waals surface area contributed by atoms with Gasteiger partial charge in [-0.05, 0) is 44.5 Å². The number of rotatable bonds is 9. The molecule has 0 aromatic heterocycles. The molecule has 2 amide bonds. The number of halogens is 1. The second kappa shape index (κ2) is 9.61. The van der Waals surface area contributed by atoms with Gasteiger partial charge in [0.15, 0.2) is 12.2 Å². The average Bonchev–Trinajstić information content (AvgIpc) is 2.57. The van der Waals surface area contributed by atoms with Crippen molar-refractivity contribution in [3.05, 3.63) is 30.1 Å². The lowest BCUT2D eigenvalue weighted by Crippen LogP contribution is -2.43. The summed E-state index contributed by atoms with van der Waals surface area (Å²) in [6, 6.07) is 5.17. The molecule has 0 saturated carbocycles. The summed E-state index contributed by atoms with van der Waals surface area (Å²) in [5, 5.41) is 4.94. The highest BCUT2D eigenvalue weighted by atomic mass is 19.1. The molecule has 138 valence electrons. The third-order valence-corrected chi connectivity index (χ3v) is 3.03. The highest BCUT2D eigenvalue weighted by Gasteiger charge is 2.32. The van der Waals surface area contributed by atoms with E-state index in [1.54, 1.807) is 0 Å². The average molecular weight is 354 g/mol. The van der Waals surface area contributed by atoms with Crippen molar-refractivity contribution in [1.82, 2.24) is 10.6 Å². The van der Waals surface area contributed by atoms with E-state index in [-0.39, 0.29) is 12.5 Å². The van der Waals surface area contributed by atoms with Gasteiger partial charge < -0.3 is 20.1 Å². The number of carbonyl (C=O) groups excluding carboxylic acids is 3. The van der Waals surface area contributed by atoms with Crippen LogP contribution in [0.2, 0.25) is 0 Å². The molecule has 0 saturated heterocycles. The van der Waals surface area contributed by atoms with Crippen LogP contribution in [0.4, 0.5) is 4.39 Å². The Balaban J connectivity index is 2.39. The Hall–Kier alpha value is -2.64. The summed E-state index contributed by atoms with van der Waals surface area (Å²) in [5.41, 5.74) is -1.36. The Kier molecular flexibility index (Phi) is 7.84. The summed E-state index contributed by atoms with van der Waals surface area (Å²) >= 11 is 0. The third kappa shape index (κ3) is 7.65. The summed E-state index contributed by atoms with van der Waals surface area (Å²) in [7, 11) is 0. The van der Waals surface area contributed by atoms with E-state index in [0.717, 1.165) is 6.42 Å². The third-order valence-electron chi connectivity index (χ3n) is 3.03. The maximum atomic E-state index is 12.9. The highest BCUT2D eigenvalue weighted by molar-refractivity contribution is 5.87. The fraction of sp³-hybridized carbons (Fsp3) is 0.471. The van der Waals surface area contributed by atoms with Gasteiger partial charge in [0.05, 0.1) is 6.54 Å². The van der Waals surface area contributed by atoms with Gasteiger partial charge >= 0.3 is 5.97 Å². The Morgan fingerprint density at radius 3 is 2.32 bits per heavy atom. The quantitative estimate of drug-likeness (QED) is 0.649. The molecule has 0 spiro atoms. The first-order valence-corrected chi connectivity index (χ1v) is 7.90. The molecule has 0 aliphatic rings. The van der Waals surface area contributed by atoms with Crippen molar-refractivity contribution < 1.29 is 28.2 Å². The predicted octanol–water partition coefficient (Wildman–Crippen LogP) is 1.17. The number of amides is 2. The maximum absolute atomic E-state index is 12.9. The number of esters is 1. The largest absolute Gasteiger partial charge is 0.476 e. The SMILES string of the molecule is CCCNC(=O)CNC(=O)COC(=O)C(C)(C)Oc1ccc(F)cc1. The first-order valence-electron chi connectivity index (χ1n) is 7.90. The number of nitrogens with one attached hydrogen (secondary N) is 2. The van der Waals surface area contributed by atoms with Crippen LogP contribution in [0, 0.1) is 5.82 Å². The van der Waals surface area contributed by atoms with Gasteiger partial charge in [0.25, 0.3) is 5.91 Å². The molecular formula is C17H23FN2O5. The first kappa shape index (κ1) is 20.4. The molecule has 2 N–H and O–H groups in total. The molecule has 8 heteroatoms. The number of hydrogen-bond acceptors (Lipinski definition) is 5. The van der Waals surface area contributed by atoms with E-state index in [2.05, 4.69) is 10.6 Å². The van der Waals surface area contributed by atoms with E-state index in [1.165, 1.54) is 38.1 Å². The van der Waals surface area contributed by atoms with Crippen molar-refractivity contribution in [3.63, 3.8) is 0 Å². The number of benzene rings is 1. The summed E-state index contributed by atoms with van der Waals surface area (Å²) in [4.78, 5) is 35.0. The summed E-state index contributed by atoms with van der Waals surface area (Å²) in [5.74, 6) is -1.81. The van der Waals surface area contributed by atoms with E-state index >= 15 is 0 Å². The van der Waals surface area contributed by atoms with Crippen molar-refractivity contribution in [2.24, 2.45) is 0 Å². The molecule has 0 bridgehead atoms.